The lowest BCUT2D eigenvalue weighted by molar-refractivity contribution is -0.149. The largest absolute Gasteiger partial charge is 0.464 e. The van der Waals surface area contributed by atoms with E-state index in [1.165, 1.54) is 21.7 Å². The first-order chi connectivity index (χ1) is 27.9. The molecular formula is C40H49IN6O11. The molecule has 312 valence electrons. The third-order valence-corrected chi connectivity index (χ3v) is 9.24. The van der Waals surface area contributed by atoms with Gasteiger partial charge >= 0.3 is 18.2 Å². The topological polar surface area (TPSA) is 202 Å². The van der Waals surface area contributed by atoms with Crippen LogP contribution in [0.25, 0.3) is 22.2 Å². The van der Waals surface area contributed by atoms with Crippen molar-refractivity contribution < 1.29 is 47.6 Å². The van der Waals surface area contributed by atoms with Gasteiger partial charge in [-0.3, -0.25) is 24.7 Å². The number of carbonyl (C=O) groups is 4. The maximum Gasteiger partial charge on any atom is 0.414 e. The Balaban J connectivity index is 1.33. The van der Waals surface area contributed by atoms with Gasteiger partial charge in [0.25, 0.3) is 5.56 Å². The quantitative estimate of drug-likeness (QED) is 0.0370. The van der Waals surface area contributed by atoms with Crippen LogP contribution in [0.5, 0.6) is 0 Å². The van der Waals surface area contributed by atoms with Gasteiger partial charge in [-0.25, -0.2) is 9.59 Å². The summed E-state index contributed by atoms with van der Waals surface area (Å²) in [4.78, 5) is 73.9. The number of fused-ring (bicyclic) bond motifs is 4. The minimum absolute atomic E-state index is 0.0592. The van der Waals surface area contributed by atoms with Crippen LogP contribution in [0.1, 0.15) is 37.8 Å². The number of benzene rings is 2. The lowest BCUT2D eigenvalue weighted by Crippen LogP contribution is -2.50. The van der Waals surface area contributed by atoms with E-state index in [4.69, 9.17) is 28.4 Å². The monoisotopic (exact) mass is 916 g/mol. The van der Waals surface area contributed by atoms with Crippen LogP contribution < -0.4 is 16.2 Å². The fourth-order valence-electron chi connectivity index (χ4n) is 6.32. The Morgan fingerprint density at radius 2 is 1.59 bits per heavy atom. The first-order valence-electron chi connectivity index (χ1n) is 18.7. The lowest BCUT2D eigenvalue weighted by Gasteiger charge is -2.28. The molecule has 18 heteroatoms. The summed E-state index contributed by atoms with van der Waals surface area (Å²) in [6.45, 7) is 5.43. The zero-order chi connectivity index (χ0) is 41.7. The number of hydrogen-bond acceptors (Lipinski definition) is 12. The Kier molecular flexibility index (Phi) is 16.0. The second-order valence-electron chi connectivity index (χ2n) is 14.3. The van der Waals surface area contributed by atoms with Gasteiger partial charge in [0.15, 0.2) is 0 Å². The minimum atomic E-state index is -0.844. The van der Waals surface area contributed by atoms with Crippen molar-refractivity contribution in [1.82, 2.24) is 24.8 Å². The molecule has 0 aliphatic heterocycles. The number of rotatable bonds is 20. The number of H-pyrrole nitrogens is 1. The van der Waals surface area contributed by atoms with Gasteiger partial charge in [-0.1, -0.05) is 71.1 Å². The summed E-state index contributed by atoms with van der Waals surface area (Å²) in [5.41, 5.74) is 3.00. The molecule has 2 heterocycles. The van der Waals surface area contributed by atoms with E-state index in [0.29, 0.717) is 17.6 Å². The minimum Gasteiger partial charge on any atom is -0.464 e. The van der Waals surface area contributed by atoms with E-state index in [9.17, 15) is 24.0 Å². The molecule has 2 aromatic carbocycles. The number of hydrogen-bond donors (Lipinski definition) is 3. The zero-order valence-electron chi connectivity index (χ0n) is 32.9. The summed E-state index contributed by atoms with van der Waals surface area (Å²) in [5.74, 6) is -1.59. The lowest BCUT2D eigenvalue weighted by atomic mass is 9.98. The molecule has 3 N–H and O–H groups in total. The van der Waals surface area contributed by atoms with E-state index in [2.05, 4.69) is 43.2 Å². The van der Waals surface area contributed by atoms with E-state index in [1.54, 1.807) is 27.9 Å². The van der Waals surface area contributed by atoms with Gasteiger partial charge in [0.1, 0.15) is 37.6 Å². The van der Waals surface area contributed by atoms with E-state index < -0.39 is 47.8 Å². The number of aromatic amines is 1. The predicted octanol–water partition coefficient (Wildman–Crippen LogP) is 4.47. The number of methoxy groups -OCH3 is 1. The average molecular weight is 917 g/mol. The van der Waals surface area contributed by atoms with E-state index in [1.807, 2.05) is 48.5 Å². The van der Waals surface area contributed by atoms with E-state index >= 15 is 0 Å². The zero-order valence-corrected chi connectivity index (χ0v) is 35.1. The molecule has 2 aromatic heterocycles. The van der Waals surface area contributed by atoms with Gasteiger partial charge < -0.3 is 43.2 Å². The number of nitrogens with zero attached hydrogens (tertiary/aromatic N) is 3. The second-order valence-corrected chi connectivity index (χ2v) is 15.3. The highest BCUT2D eigenvalue weighted by molar-refractivity contribution is 14.1. The van der Waals surface area contributed by atoms with Crippen LogP contribution >= 0.6 is 22.6 Å². The highest BCUT2D eigenvalue weighted by Gasteiger charge is 2.30. The Hall–Kier alpha value is -5.05. The van der Waals surface area contributed by atoms with Crippen LogP contribution in [0.3, 0.4) is 0 Å². The highest BCUT2D eigenvalue weighted by Crippen LogP contribution is 2.44. The Bertz CT molecular complexity index is 2050. The Labute approximate surface area is 349 Å². The fraction of sp³-hybridized carbons (Fsp3) is 0.450. The summed E-state index contributed by atoms with van der Waals surface area (Å²) < 4.78 is 34.7. The molecule has 0 spiro atoms. The SMILES string of the molecule is COCCOCCOC[C@@H](CN(CC(=O)OCCI)C(=O)Cn1ccc2c(=O)[nH]c(NC(=O)OC(C)(C)C)nc21)NC(=O)OCC1c2ccccc2-c2ccccc21. The Morgan fingerprint density at radius 3 is 2.26 bits per heavy atom. The van der Waals surface area contributed by atoms with Gasteiger partial charge in [0.05, 0.1) is 44.5 Å². The number of amides is 3. The van der Waals surface area contributed by atoms with Crippen LogP contribution in [0.15, 0.2) is 65.6 Å². The van der Waals surface area contributed by atoms with Crippen molar-refractivity contribution in [3.63, 3.8) is 0 Å². The average Bonchev–Trinajstić information content (AvgIpc) is 3.73. The van der Waals surface area contributed by atoms with Crippen molar-refractivity contribution in [3.05, 3.63) is 82.3 Å². The first-order valence-corrected chi connectivity index (χ1v) is 20.2. The number of esters is 1. The summed E-state index contributed by atoms with van der Waals surface area (Å²) in [6, 6.07) is 16.6. The van der Waals surface area contributed by atoms with Crippen LogP contribution in [-0.2, 0) is 44.6 Å². The van der Waals surface area contributed by atoms with E-state index in [-0.39, 0.29) is 69.0 Å². The molecule has 0 fully saturated rings. The van der Waals surface area contributed by atoms with Crippen molar-refractivity contribution in [3.8, 4) is 11.1 Å². The molecule has 1 aliphatic carbocycles. The molecule has 3 amide bonds. The number of aromatic nitrogens is 3. The molecule has 1 atom stereocenters. The normalized spacial score (nSPS) is 12.7. The number of carbonyl (C=O) groups excluding carboxylic acids is 4. The maximum absolute atomic E-state index is 14.1. The van der Waals surface area contributed by atoms with Gasteiger partial charge in [-0.15, -0.1) is 0 Å². The van der Waals surface area contributed by atoms with Crippen molar-refractivity contribution in [2.24, 2.45) is 0 Å². The number of nitrogens with one attached hydrogen (secondary N) is 3. The molecule has 5 rings (SSSR count). The van der Waals surface area contributed by atoms with Crippen molar-refractivity contribution in [2.75, 3.05) is 76.2 Å². The molecule has 0 unspecified atom stereocenters. The standard InChI is InChI=1S/C40H49IN6O11/c1-40(2,3)58-39(52)45-37-43-35-31(36(50)44-37)13-15-46(35)22-33(48)47(23-34(49)56-16-14-41)21-26(24-55-20-19-54-18-17-53-4)42-38(51)57-25-32-29-11-7-5-9-27(29)28-10-6-8-12-30(28)32/h5-13,15,26,32H,14,16-25H2,1-4H3,(H,42,51)(H2,43,44,45,50,52)/t26-/m1/s1. The molecule has 1 aliphatic rings. The summed E-state index contributed by atoms with van der Waals surface area (Å²) in [5, 5.41) is 5.40. The molecule has 0 radical (unpaired) electrons. The number of alkyl halides is 1. The molecular weight excluding hydrogens is 867 g/mol. The van der Waals surface area contributed by atoms with Crippen molar-refractivity contribution in [1.29, 1.82) is 0 Å². The van der Waals surface area contributed by atoms with Crippen LogP contribution in [-0.4, -0.2) is 126 Å². The molecule has 17 nitrogen and oxygen atoms in total. The fourth-order valence-corrected chi connectivity index (χ4v) is 6.54. The molecule has 4 aromatic rings. The summed E-state index contributed by atoms with van der Waals surface area (Å²) in [6.07, 6.45) is -0.0797. The highest BCUT2D eigenvalue weighted by atomic mass is 127. The van der Waals surface area contributed by atoms with E-state index in [0.717, 1.165) is 22.3 Å². The van der Waals surface area contributed by atoms with Crippen LogP contribution in [0, 0.1) is 0 Å². The molecule has 58 heavy (non-hydrogen) atoms. The van der Waals surface area contributed by atoms with Gasteiger partial charge in [-0.05, 0) is 49.1 Å². The molecule has 0 bridgehead atoms. The molecule has 0 saturated heterocycles. The first kappa shape index (κ1) is 44.1. The third kappa shape index (κ3) is 12.5. The van der Waals surface area contributed by atoms with Crippen molar-refractivity contribution >= 4 is 63.6 Å². The number of anilines is 1. The van der Waals surface area contributed by atoms with Gasteiger partial charge in [0, 0.05) is 30.2 Å². The summed E-state index contributed by atoms with van der Waals surface area (Å²) >= 11 is 2.07. The van der Waals surface area contributed by atoms with Gasteiger partial charge in [-0.2, -0.15) is 4.98 Å². The third-order valence-electron chi connectivity index (χ3n) is 8.80. The summed E-state index contributed by atoms with van der Waals surface area (Å²) in [7, 11) is 1.57. The van der Waals surface area contributed by atoms with Crippen LogP contribution in [0.2, 0.25) is 0 Å². The predicted molar refractivity (Wildman–Crippen MR) is 222 cm³/mol. The Morgan fingerprint density at radius 1 is 0.914 bits per heavy atom. The smallest absolute Gasteiger partial charge is 0.414 e. The second kappa shape index (κ2) is 21.1. The number of ether oxygens (including phenoxy) is 6. The number of halogens is 1. The number of alkyl carbamates (subject to hydrolysis) is 1. The van der Waals surface area contributed by atoms with Crippen molar-refractivity contribution in [2.45, 2.75) is 44.9 Å². The maximum atomic E-state index is 14.1. The van der Waals surface area contributed by atoms with Crippen LogP contribution in [0.4, 0.5) is 15.5 Å². The molecule has 0 saturated carbocycles. The van der Waals surface area contributed by atoms with Gasteiger partial charge in [0.2, 0.25) is 11.9 Å².